The summed E-state index contributed by atoms with van der Waals surface area (Å²) in [7, 11) is -4.64. The van der Waals surface area contributed by atoms with E-state index in [9.17, 15) is 13.2 Å². The molecule has 0 radical (unpaired) electrons. The van der Waals surface area contributed by atoms with Crippen LogP contribution in [0.4, 0.5) is 4.79 Å². The lowest BCUT2D eigenvalue weighted by atomic mass is 10.1. The van der Waals surface area contributed by atoms with Gasteiger partial charge in [0, 0.05) is 6.54 Å². The van der Waals surface area contributed by atoms with Crippen molar-refractivity contribution in [1.82, 2.24) is 9.96 Å². The predicted octanol–water partition coefficient (Wildman–Crippen LogP) is -0.123. The van der Waals surface area contributed by atoms with Crippen molar-refractivity contribution in [3.05, 3.63) is 0 Å². The van der Waals surface area contributed by atoms with Crippen molar-refractivity contribution in [1.29, 1.82) is 0 Å². The highest BCUT2D eigenvalue weighted by molar-refractivity contribution is 7.81. The number of amides is 2. The Kier molecular flexibility index (Phi) is 2.57. The average molecular weight is 254 g/mol. The molecule has 86 valence electrons. The minimum absolute atomic E-state index is 0.219. The zero-order valence-corrected chi connectivity index (χ0v) is 9.32. The largest absolute Gasteiger partial charge is 0.418 e. The third-order valence-electron chi connectivity index (χ3n) is 2.47. The molecular weight excluding hydrogens is 244 g/mol. The lowest BCUT2D eigenvalue weighted by molar-refractivity contribution is -0.0316. The van der Waals surface area contributed by atoms with Gasteiger partial charge in [-0.2, -0.15) is 26.1 Å². The first kappa shape index (κ1) is 11.0. The van der Waals surface area contributed by atoms with Crippen LogP contribution in [0.15, 0.2) is 0 Å². The van der Waals surface area contributed by atoms with Gasteiger partial charge in [-0.05, 0) is 12.8 Å². The van der Waals surface area contributed by atoms with Crippen LogP contribution in [0.3, 0.4) is 0 Å². The number of piperidine rings is 1. The molecule has 2 heterocycles. The molecule has 1 N–H and O–H groups in total. The van der Waals surface area contributed by atoms with E-state index in [0.717, 1.165) is 0 Å². The van der Waals surface area contributed by atoms with Crippen molar-refractivity contribution in [2.24, 2.45) is 0 Å². The van der Waals surface area contributed by atoms with Gasteiger partial charge in [-0.25, -0.2) is 4.79 Å². The van der Waals surface area contributed by atoms with Gasteiger partial charge in [0.2, 0.25) is 0 Å². The highest BCUT2D eigenvalue weighted by Crippen LogP contribution is 2.31. The smallest absolute Gasteiger partial charge is 0.309 e. The Morgan fingerprint density at radius 2 is 2.13 bits per heavy atom. The Labute approximate surface area is 92.3 Å². The van der Waals surface area contributed by atoms with E-state index in [-0.39, 0.29) is 11.4 Å². The summed E-state index contributed by atoms with van der Waals surface area (Å²) in [5, 5.41) is 0.481. The lowest BCUT2D eigenvalue weighted by Crippen LogP contribution is -2.36. The number of hydrogen-bond acceptors (Lipinski definition) is 5. The van der Waals surface area contributed by atoms with Gasteiger partial charge in [-0.15, -0.1) is 4.28 Å². The summed E-state index contributed by atoms with van der Waals surface area (Å²) in [6.07, 6.45) is 1.27. The summed E-state index contributed by atoms with van der Waals surface area (Å²) in [6.45, 7) is 0.377. The lowest BCUT2D eigenvalue weighted by Gasteiger charge is -2.26. The molecular formula is C6H10N2O5S2. The van der Waals surface area contributed by atoms with Crippen LogP contribution in [0.1, 0.15) is 12.8 Å². The van der Waals surface area contributed by atoms with Crippen molar-refractivity contribution in [2.75, 3.05) is 6.54 Å². The van der Waals surface area contributed by atoms with Crippen LogP contribution in [-0.4, -0.2) is 46.9 Å². The van der Waals surface area contributed by atoms with Gasteiger partial charge >= 0.3 is 16.4 Å². The third-order valence-corrected chi connectivity index (χ3v) is 3.35. The Hall–Kier alpha value is -0.510. The molecule has 2 aliphatic heterocycles. The standard InChI is InChI=1S/C6H10N2O5S2/c9-6-7-3-4(1-2-5(7)14)8(6)13-15(10,11)12/h4-5,14H,1-3H2,(H,10,11,12)/t4-,5+/m0/s1. The second-order valence-corrected chi connectivity index (χ2v) is 5.08. The summed E-state index contributed by atoms with van der Waals surface area (Å²) in [4.78, 5) is 13.0. The van der Waals surface area contributed by atoms with Crippen molar-refractivity contribution < 1.29 is 22.0 Å². The second-order valence-electron chi connectivity index (χ2n) is 3.47. The molecule has 2 bridgehead atoms. The SMILES string of the molecule is O=C1N2C[C@H](CC[C@H]2S)N1OS(=O)(=O)O. The molecule has 2 fully saturated rings. The molecule has 2 amide bonds. The highest BCUT2D eigenvalue weighted by atomic mass is 32.3. The Morgan fingerprint density at radius 3 is 2.67 bits per heavy atom. The number of carbonyl (C=O) groups excluding carboxylic acids is 1. The van der Waals surface area contributed by atoms with Crippen LogP contribution in [0.5, 0.6) is 0 Å². The number of carbonyl (C=O) groups is 1. The maximum absolute atomic E-state index is 11.6. The summed E-state index contributed by atoms with van der Waals surface area (Å²) in [5.41, 5.74) is 0. The van der Waals surface area contributed by atoms with E-state index in [2.05, 4.69) is 16.9 Å². The average Bonchev–Trinajstić information content (AvgIpc) is 2.35. The number of fused-ring (bicyclic) bond motifs is 2. The molecule has 2 rings (SSSR count). The molecule has 15 heavy (non-hydrogen) atoms. The van der Waals surface area contributed by atoms with Gasteiger partial charge in [0.25, 0.3) is 0 Å². The molecule has 2 aliphatic rings. The molecule has 2 atom stereocenters. The minimum atomic E-state index is -4.64. The number of nitrogens with zero attached hydrogens (tertiary/aromatic N) is 2. The summed E-state index contributed by atoms with van der Waals surface area (Å²) in [6, 6.07) is -0.905. The van der Waals surface area contributed by atoms with E-state index < -0.39 is 16.4 Å². The minimum Gasteiger partial charge on any atom is -0.309 e. The monoisotopic (exact) mass is 254 g/mol. The zero-order chi connectivity index (χ0) is 11.2. The van der Waals surface area contributed by atoms with E-state index in [1.165, 1.54) is 4.90 Å². The van der Waals surface area contributed by atoms with Gasteiger partial charge in [-0.3, -0.25) is 4.55 Å². The van der Waals surface area contributed by atoms with E-state index in [1.807, 2.05) is 0 Å². The number of urea groups is 1. The predicted molar refractivity (Wildman–Crippen MR) is 52.4 cm³/mol. The first-order valence-electron chi connectivity index (χ1n) is 4.33. The third kappa shape index (κ3) is 2.05. The number of hydroxylamine groups is 2. The van der Waals surface area contributed by atoms with Crippen molar-refractivity contribution in [3.63, 3.8) is 0 Å². The summed E-state index contributed by atoms with van der Waals surface area (Å²) < 4.78 is 33.7. The second kappa shape index (κ2) is 3.51. The quantitative estimate of drug-likeness (QED) is 0.530. The van der Waals surface area contributed by atoms with Crippen molar-refractivity contribution >= 4 is 29.1 Å². The molecule has 0 aliphatic carbocycles. The van der Waals surface area contributed by atoms with Crippen LogP contribution in [0.25, 0.3) is 0 Å². The molecule has 0 saturated carbocycles. The van der Waals surface area contributed by atoms with Crippen LogP contribution < -0.4 is 0 Å². The number of rotatable bonds is 2. The van der Waals surface area contributed by atoms with E-state index in [1.54, 1.807) is 0 Å². The highest BCUT2D eigenvalue weighted by Gasteiger charge is 2.46. The van der Waals surface area contributed by atoms with Crippen molar-refractivity contribution in [3.8, 4) is 0 Å². The zero-order valence-electron chi connectivity index (χ0n) is 7.61. The molecule has 0 aromatic carbocycles. The van der Waals surface area contributed by atoms with E-state index in [0.29, 0.717) is 24.4 Å². The molecule has 9 heteroatoms. The van der Waals surface area contributed by atoms with Gasteiger partial charge in [0.05, 0.1) is 11.4 Å². The normalized spacial score (nSPS) is 31.2. The Morgan fingerprint density at radius 1 is 1.47 bits per heavy atom. The van der Waals surface area contributed by atoms with Crippen molar-refractivity contribution in [2.45, 2.75) is 24.3 Å². The molecule has 7 nitrogen and oxygen atoms in total. The number of thiol groups is 1. The van der Waals surface area contributed by atoms with Gasteiger partial charge in [0.15, 0.2) is 0 Å². The topological polar surface area (TPSA) is 87.2 Å². The van der Waals surface area contributed by atoms with E-state index in [4.69, 9.17) is 4.55 Å². The fourth-order valence-electron chi connectivity index (χ4n) is 1.81. The molecule has 0 spiro atoms. The van der Waals surface area contributed by atoms with Gasteiger partial charge in [0.1, 0.15) is 0 Å². The van der Waals surface area contributed by atoms with Gasteiger partial charge in [-0.1, -0.05) is 0 Å². The van der Waals surface area contributed by atoms with Crippen LogP contribution in [0.2, 0.25) is 0 Å². The Balaban J connectivity index is 2.18. The fourth-order valence-corrected chi connectivity index (χ4v) is 2.54. The van der Waals surface area contributed by atoms with Crippen LogP contribution in [0, 0.1) is 0 Å². The van der Waals surface area contributed by atoms with Gasteiger partial charge < -0.3 is 4.90 Å². The number of hydrogen-bond donors (Lipinski definition) is 2. The fraction of sp³-hybridized carbons (Fsp3) is 0.833. The first-order chi connectivity index (χ1) is 6.88. The maximum atomic E-state index is 11.6. The Bertz CT molecular complexity index is 383. The van der Waals surface area contributed by atoms with E-state index >= 15 is 0 Å². The first-order valence-corrected chi connectivity index (χ1v) is 6.21. The van der Waals surface area contributed by atoms with Crippen LogP contribution >= 0.6 is 12.6 Å². The molecule has 2 saturated heterocycles. The summed E-state index contributed by atoms with van der Waals surface area (Å²) >= 11 is 4.19. The summed E-state index contributed by atoms with van der Waals surface area (Å²) in [5.74, 6) is 0. The molecule has 0 aromatic rings. The maximum Gasteiger partial charge on any atom is 0.418 e. The molecule has 0 unspecified atom stereocenters. The van der Waals surface area contributed by atoms with Crippen LogP contribution in [-0.2, 0) is 14.7 Å². The molecule has 0 aromatic heterocycles.